The van der Waals surface area contributed by atoms with E-state index >= 15 is 0 Å². The van der Waals surface area contributed by atoms with Crippen LogP contribution in [0, 0.1) is 0 Å². The Labute approximate surface area is 101 Å². The quantitative estimate of drug-likeness (QED) is 0.783. The molecule has 2 saturated carbocycles. The first-order valence-electron chi connectivity index (χ1n) is 6.29. The molecule has 2 fully saturated rings. The third kappa shape index (κ3) is 2.53. The van der Waals surface area contributed by atoms with E-state index in [1.165, 1.54) is 6.42 Å². The molecule has 0 aromatic carbocycles. The van der Waals surface area contributed by atoms with Gasteiger partial charge in [0.1, 0.15) is 0 Å². The molecule has 0 aliphatic heterocycles. The summed E-state index contributed by atoms with van der Waals surface area (Å²) in [6, 6.07) is 0.229. The van der Waals surface area contributed by atoms with Gasteiger partial charge in [0.25, 0.3) is 0 Å². The number of nitrogens with one attached hydrogen (secondary N) is 1. The summed E-state index contributed by atoms with van der Waals surface area (Å²) in [4.78, 5) is 24.5. The number of carbonyl (C=O) groups excluding carboxylic acids is 1. The fourth-order valence-electron chi connectivity index (χ4n) is 2.49. The molecular weight excluding hydrogens is 220 g/mol. The number of amides is 2. The Morgan fingerprint density at radius 3 is 2.35 bits per heavy atom. The van der Waals surface area contributed by atoms with Crippen molar-refractivity contribution >= 4 is 12.0 Å². The second-order valence-electron chi connectivity index (χ2n) is 5.33. The number of nitrogens with zero attached hydrogens (tertiary/aromatic N) is 1. The van der Waals surface area contributed by atoms with Crippen molar-refractivity contribution in [3.63, 3.8) is 0 Å². The van der Waals surface area contributed by atoms with Crippen LogP contribution in [0.1, 0.15) is 44.9 Å². The first-order valence-corrected chi connectivity index (χ1v) is 6.29. The van der Waals surface area contributed by atoms with Gasteiger partial charge in [-0.2, -0.15) is 0 Å². The molecule has 5 heteroatoms. The Hall–Kier alpha value is -1.26. The number of carboxylic acid groups (broad SMARTS) is 1. The van der Waals surface area contributed by atoms with E-state index in [0.717, 1.165) is 32.1 Å². The normalized spacial score (nSPS) is 22.2. The van der Waals surface area contributed by atoms with Gasteiger partial charge in [0.2, 0.25) is 0 Å². The number of carboxylic acids is 1. The Morgan fingerprint density at radius 2 is 2.00 bits per heavy atom. The number of rotatable bonds is 4. The van der Waals surface area contributed by atoms with Crippen LogP contribution in [0.25, 0.3) is 0 Å². The lowest BCUT2D eigenvalue weighted by atomic mass is 9.74. The number of carbonyl (C=O) groups is 2. The highest BCUT2D eigenvalue weighted by Gasteiger charge is 2.41. The Bertz CT molecular complexity index is 322. The molecule has 0 unspecified atom stereocenters. The van der Waals surface area contributed by atoms with Gasteiger partial charge in [-0.1, -0.05) is 0 Å². The van der Waals surface area contributed by atoms with Crippen LogP contribution in [-0.4, -0.2) is 40.6 Å². The van der Waals surface area contributed by atoms with Crippen molar-refractivity contribution in [2.45, 2.75) is 56.5 Å². The highest BCUT2D eigenvalue weighted by molar-refractivity contribution is 5.77. The van der Waals surface area contributed by atoms with E-state index in [2.05, 4.69) is 5.32 Å². The monoisotopic (exact) mass is 240 g/mol. The van der Waals surface area contributed by atoms with Crippen LogP contribution >= 0.6 is 0 Å². The standard InChI is InChI=1S/C12H20N2O3/c1-14(9-4-2-5-9)11(17)13-12(6-3-7-12)8-10(15)16/h9H,2-8H2,1H3,(H,13,17)(H,15,16). The molecule has 2 amide bonds. The van der Waals surface area contributed by atoms with E-state index in [0.29, 0.717) is 6.04 Å². The van der Waals surface area contributed by atoms with Crippen LogP contribution in [0.3, 0.4) is 0 Å². The van der Waals surface area contributed by atoms with Gasteiger partial charge in [-0.3, -0.25) is 4.79 Å². The Morgan fingerprint density at radius 1 is 1.35 bits per heavy atom. The van der Waals surface area contributed by atoms with Crippen molar-refractivity contribution in [2.75, 3.05) is 7.05 Å². The van der Waals surface area contributed by atoms with Crippen molar-refractivity contribution in [3.05, 3.63) is 0 Å². The minimum Gasteiger partial charge on any atom is -0.481 e. The summed E-state index contributed by atoms with van der Waals surface area (Å²) in [5.74, 6) is -0.837. The van der Waals surface area contributed by atoms with Crippen molar-refractivity contribution in [3.8, 4) is 0 Å². The first-order chi connectivity index (χ1) is 8.02. The van der Waals surface area contributed by atoms with E-state index in [-0.39, 0.29) is 12.5 Å². The molecule has 0 spiro atoms. The Balaban J connectivity index is 1.89. The van der Waals surface area contributed by atoms with E-state index in [1.807, 2.05) is 0 Å². The van der Waals surface area contributed by atoms with Crippen molar-refractivity contribution in [2.24, 2.45) is 0 Å². The average Bonchev–Trinajstić information content (AvgIpc) is 2.10. The molecule has 2 aliphatic rings. The second kappa shape index (κ2) is 4.55. The van der Waals surface area contributed by atoms with Gasteiger partial charge in [-0.25, -0.2) is 4.79 Å². The van der Waals surface area contributed by atoms with Gasteiger partial charge in [0.15, 0.2) is 0 Å². The van der Waals surface area contributed by atoms with Gasteiger partial charge in [0, 0.05) is 13.1 Å². The highest BCUT2D eigenvalue weighted by Crippen LogP contribution is 2.35. The number of hydrogen-bond donors (Lipinski definition) is 2. The molecule has 0 bridgehead atoms. The minimum absolute atomic E-state index is 0.0389. The molecule has 2 N–H and O–H groups in total. The summed E-state index contributed by atoms with van der Waals surface area (Å²) in [5, 5.41) is 11.8. The third-order valence-electron chi connectivity index (χ3n) is 4.12. The lowest BCUT2D eigenvalue weighted by Gasteiger charge is -2.44. The van der Waals surface area contributed by atoms with E-state index in [9.17, 15) is 9.59 Å². The summed E-state index contributed by atoms with van der Waals surface area (Å²) in [5.41, 5.74) is -0.485. The Kier molecular flexibility index (Phi) is 3.26. The summed E-state index contributed by atoms with van der Waals surface area (Å²) in [6.45, 7) is 0. The minimum atomic E-state index is -0.837. The van der Waals surface area contributed by atoms with Crippen LogP contribution in [0.4, 0.5) is 4.79 Å². The molecule has 0 radical (unpaired) electrons. The van der Waals surface area contributed by atoms with E-state index in [4.69, 9.17) is 5.11 Å². The fourth-order valence-corrected chi connectivity index (χ4v) is 2.49. The third-order valence-corrected chi connectivity index (χ3v) is 4.12. The maximum Gasteiger partial charge on any atom is 0.317 e. The molecule has 0 heterocycles. The molecule has 17 heavy (non-hydrogen) atoms. The molecule has 2 rings (SSSR count). The van der Waals surface area contributed by atoms with E-state index in [1.54, 1.807) is 11.9 Å². The SMILES string of the molecule is CN(C(=O)NC1(CC(=O)O)CCC1)C1CCC1. The fraction of sp³-hybridized carbons (Fsp3) is 0.833. The summed E-state index contributed by atoms with van der Waals surface area (Å²) < 4.78 is 0. The van der Waals surface area contributed by atoms with Gasteiger partial charge in [-0.05, 0) is 38.5 Å². The van der Waals surface area contributed by atoms with Crippen LogP contribution in [-0.2, 0) is 4.79 Å². The molecule has 2 aliphatic carbocycles. The highest BCUT2D eigenvalue weighted by atomic mass is 16.4. The molecular formula is C12H20N2O3. The number of hydrogen-bond acceptors (Lipinski definition) is 2. The van der Waals surface area contributed by atoms with Crippen LogP contribution in [0.15, 0.2) is 0 Å². The topological polar surface area (TPSA) is 69.6 Å². The van der Waals surface area contributed by atoms with E-state index < -0.39 is 11.5 Å². The van der Waals surface area contributed by atoms with Crippen LogP contribution in [0.5, 0.6) is 0 Å². The zero-order valence-electron chi connectivity index (χ0n) is 10.2. The summed E-state index contributed by atoms with van der Waals surface area (Å²) in [6.07, 6.45) is 5.92. The average molecular weight is 240 g/mol. The van der Waals surface area contributed by atoms with Gasteiger partial charge >= 0.3 is 12.0 Å². The molecule has 0 atom stereocenters. The zero-order valence-corrected chi connectivity index (χ0v) is 10.2. The van der Waals surface area contributed by atoms with Crippen molar-refractivity contribution < 1.29 is 14.7 Å². The van der Waals surface area contributed by atoms with Gasteiger partial charge < -0.3 is 15.3 Å². The number of urea groups is 1. The zero-order chi connectivity index (χ0) is 12.5. The van der Waals surface area contributed by atoms with Crippen LogP contribution in [0.2, 0.25) is 0 Å². The van der Waals surface area contributed by atoms with Gasteiger partial charge in [-0.15, -0.1) is 0 Å². The predicted molar refractivity (Wildman–Crippen MR) is 62.8 cm³/mol. The van der Waals surface area contributed by atoms with Crippen LogP contribution < -0.4 is 5.32 Å². The predicted octanol–water partition coefficient (Wildman–Crippen LogP) is 1.58. The second-order valence-corrected chi connectivity index (χ2v) is 5.33. The molecule has 0 aromatic heterocycles. The lowest BCUT2D eigenvalue weighted by Crippen LogP contribution is -2.59. The smallest absolute Gasteiger partial charge is 0.317 e. The van der Waals surface area contributed by atoms with Gasteiger partial charge in [0.05, 0.1) is 12.0 Å². The molecule has 96 valence electrons. The largest absolute Gasteiger partial charge is 0.481 e. The van der Waals surface area contributed by atoms with Crippen molar-refractivity contribution in [1.29, 1.82) is 0 Å². The first kappa shape index (κ1) is 12.2. The molecule has 0 saturated heterocycles. The van der Waals surface area contributed by atoms with Crippen molar-refractivity contribution in [1.82, 2.24) is 10.2 Å². The lowest BCUT2D eigenvalue weighted by molar-refractivity contribution is -0.139. The molecule has 5 nitrogen and oxygen atoms in total. The molecule has 0 aromatic rings. The number of aliphatic carboxylic acids is 1. The maximum atomic E-state index is 12.0. The maximum absolute atomic E-state index is 12.0. The summed E-state index contributed by atoms with van der Waals surface area (Å²) >= 11 is 0. The summed E-state index contributed by atoms with van der Waals surface area (Å²) in [7, 11) is 1.80.